The van der Waals surface area contributed by atoms with E-state index in [0.717, 1.165) is 11.3 Å². The summed E-state index contributed by atoms with van der Waals surface area (Å²) < 4.78 is 10.5. The summed E-state index contributed by atoms with van der Waals surface area (Å²) in [6, 6.07) is 13.8. The minimum atomic E-state index is -0.346. The predicted octanol–water partition coefficient (Wildman–Crippen LogP) is 3.35. The van der Waals surface area contributed by atoms with Gasteiger partial charge < -0.3 is 25.0 Å². The van der Waals surface area contributed by atoms with Gasteiger partial charge in [0, 0.05) is 56.0 Å². The lowest BCUT2D eigenvalue weighted by atomic mass is 10.1. The quantitative estimate of drug-likeness (QED) is 0.565. The van der Waals surface area contributed by atoms with Crippen LogP contribution < -0.4 is 25.0 Å². The van der Waals surface area contributed by atoms with Crippen LogP contribution in [-0.4, -0.2) is 45.1 Å². The summed E-state index contributed by atoms with van der Waals surface area (Å²) in [5.74, 6) is 0.416. The molecule has 2 amide bonds. The van der Waals surface area contributed by atoms with E-state index in [1.807, 2.05) is 31.1 Å². The lowest BCUT2D eigenvalue weighted by molar-refractivity contribution is 0.0950. The fourth-order valence-electron chi connectivity index (χ4n) is 3.11. The fraction of sp³-hybridized carbons (Fsp3) is 0.208. The number of anilines is 2. The van der Waals surface area contributed by atoms with E-state index in [-0.39, 0.29) is 11.8 Å². The van der Waals surface area contributed by atoms with Gasteiger partial charge in [0.15, 0.2) is 0 Å². The molecule has 0 saturated carbocycles. The zero-order valence-corrected chi connectivity index (χ0v) is 18.5. The topological polar surface area (TPSA) is 92.8 Å². The number of hydrogen-bond donors (Lipinski definition) is 2. The van der Waals surface area contributed by atoms with Gasteiger partial charge in [-0.05, 0) is 42.0 Å². The van der Waals surface area contributed by atoms with Gasteiger partial charge in [-0.15, -0.1) is 0 Å². The van der Waals surface area contributed by atoms with Crippen molar-refractivity contribution in [1.29, 1.82) is 0 Å². The highest BCUT2D eigenvalue weighted by atomic mass is 16.5. The summed E-state index contributed by atoms with van der Waals surface area (Å²) >= 11 is 0. The van der Waals surface area contributed by atoms with Crippen molar-refractivity contribution < 1.29 is 19.1 Å². The lowest BCUT2D eigenvalue weighted by Crippen LogP contribution is -2.25. The summed E-state index contributed by atoms with van der Waals surface area (Å²) in [5, 5.41) is 5.74. The Bertz CT molecular complexity index is 1080. The van der Waals surface area contributed by atoms with Gasteiger partial charge in [-0.25, -0.2) is 0 Å². The number of nitrogens with one attached hydrogen (secondary N) is 2. The maximum atomic E-state index is 12.9. The van der Waals surface area contributed by atoms with E-state index < -0.39 is 0 Å². The van der Waals surface area contributed by atoms with Crippen LogP contribution in [0.2, 0.25) is 0 Å². The number of methoxy groups -OCH3 is 2. The first-order valence-electron chi connectivity index (χ1n) is 9.94. The second-order valence-corrected chi connectivity index (χ2v) is 7.23. The maximum Gasteiger partial charge on any atom is 0.255 e. The normalized spacial score (nSPS) is 10.2. The third-order valence-electron chi connectivity index (χ3n) is 4.77. The van der Waals surface area contributed by atoms with Crippen molar-refractivity contribution in [3.63, 3.8) is 0 Å². The second-order valence-electron chi connectivity index (χ2n) is 7.23. The van der Waals surface area contributed by atoms with Crippen LogP contribution in [0.1, 0.15) is 26.3 Å². The number of hydrogen-bond acceptors (Lipinski definition) is 6. The standard InChI is InChI=1S/C24H26N4O4/c1-28(2)22-8-7-18(12-21(22)24(30)26-15-16-6-5-9-25-14-16)27-23(29)17-10-19(31-3)13-20(11-17)32-4/h5-14H,15H2,1-4H3,(H,26,30)(H,27,29). The highest BCUT2D eigenvalue weighted by Gasteiger charge is 2.16. The van der Waals surface area contributed by atoms with Gasteiger partial charge >= 0.3 is 0 Å². The molecule has 2 N–H and O–H groups in total. The first-order valence-corrected chi connectivity index (χ1v) is 9.94. The summed E-state index contributed by atoms with van der Waals surface area (Å²) in [4.78, 5) is 31.6. The molecule has 0 spiro atoms. The third kappa shape index (κ3) is 5.54. The summed E-state index contributed by atoms with van der Waals surface area (Å²) in [6.45, 7) is 0.347. The van der Waals surface area contributed by atoms with E-state index in [4.69, 9.17) is 9.47 Å². The molecular formula is C24H26N4O4. The average Bonchev–Trinajstić information content (AvgIpc) is 2.82. The summed E-state index contributed by atoms with van der Waals surface area (Å²) in [6.07, 6.45) is 3.38. The minimum Gasteiger partial charge on any atom is -0.497 e. The molecule has 0 aliphatic rings. The van der Waals surface area contributed by atoms with Gasteiger partial charge in [0.2, 0.25) is 0 Å². The molecule has 1 heterocycles. The second kappa shape index (κ2) is 10.3. The van der Waals surface area contributed by atoms with E-state index >= 15 is 0 Å². The zero-order chi connectivity index (χ0) is 23.1. The van der Waals surface area contributed by atoms with E-state index in [0.29, 0.717) is 34.9 Å². The summed E-state index contributed by atoms with van der Waals surface area (Å²) in [5.41, 5.74) is 2.94. The van der Waals surface area contributed by atoms with Crippen LogP contribution >= 0.6 is 0 Å². The lowest BCUT2D eigenvalue weighted by Gasteiger charge is -2.18. The fourth-order valence-corrected chi connectivity index (χ4v) is 3.11. The van der Waals surface area contributed by atoms with Crippen LogP contribution in [-0.2, 0) is 6.54 Å². The molecular weight excluding hydrogens is 408 g/mol. The zero-order valence-electron chi connectivity index (χ0n) is 18.5. The molecule has 0 aliphatic heterocycles. The Morgan fingerprint density at radius 2 is 1.69 bits per heavy atom. The van der Waals surface area contributed by atoms with Crippen molar-refractivity contribution in [3.8, 4) is 11.5 Å². The monoisotopic (exact) mass is 434 g/mol. The number of nitrogens with zero attached hydrogens (tertiary/aromatic N) is 2. The molecule has 0 aliphatic carbocycles. The molecule has 166 valence electrons. The molecule has 2 aromatic carbocycles. The number of rotatable bonds is 8. The smallest absolute Gasteiger partial charge is 0.255 e. The molecule has 3 rings (SSSR count). The molecule has 0 unspecified atom stereocenters. The number of benzene rings is 2. The van der Waals surface area contributed by atoms with Gasteiger partial charge in [-0.1, -0.05) is 6.07 Å². The Kier molecular flexibility index (Phi) is 7.28. The number of pyridine rings is 1. The number of amides is 2. The molecule has 0 fully saturated rings. The first-order chi connectivity index (χ1) is 15.4. The van der Waals surface area contributed by atoms with Crippen LogP contribution in [0.5, 0.6) is 11.5 Å². The largest absolute Gasteiger partial charge is 0.497 e. The molecule has 0 saturated heterocycles. The van der Waals surface area contributed by atoms with Gasteiger partial charge in [-0.2, -0.15) is 0 Å². The SMILES string of the molecule is COc1cc(OC)cc(C(=O)Nc2ccc(N(C)C)c(C(=O)NCc3cccnc3)c2)c1. The number of carbonyl (C=O) groups is 2. The molecule has 0 bridgehead atoms. The highest BCUT2D eigenvalue weighted by molar-refractivity contribution is 6.06. The van der Waals surface area contributed by atoms with Gasteiger partial charge in [0.1, 0.15) is 11.5 Å². The Labute approximate surface area is 187 Å². The van der Waals surface area contributed by atoms with Gasteiger partial charge in [-0.3, -0.25) is 14.6 Å². The molecule has 0 radical (unpaired) electrons. The minimum absolute atomic E-state index is 0.253. The maximum absolute atomic E-state index is 12.9. The molecule has 8 heteroatoms. The Morgan fingerprint density at radius 3 is 2.28 bits per heavy atom. The number of carbonyl (C=O) groups excluding carboxylic acids is 2. The number of ether oxygens (including phenoxy) is 2. The van der Waals surface area contributed by atoms with E-state index in [9.17, 15) is 9.59 Å². The van der Waals surface area contributed by atoms with E-state index in [1.165, 1.54) is 14.2 Å². The van der Waals surface area contributed by atoms with E-state index in [1.54, 1.807) is 48.8 Å². The van der Waals surface area contributed by atoms with Crippen molar-refractivity contribution in [2.45, 2.75) is 6.54 Å². The van der Waals surface area contributed by atoms with Crippen molar-refractivity contribution in [2.75, 3.05) is 38.5 Å². The van der Waals surface area contributed by atoms with Crippen LogP contribution in [0.25, 0.3) is 0 Å². The van der Waals surface area contributed by atoms with Gasteiger partial charge in [0.25, 0.3) is 11.8 Å². The highest BCUT2D eigenvalue weighted by Crippen LogP contribution is 2.26. The van der Waals surface area contributed by atoms with E-state index in [2.05, 4.69) is 15.6 Å². The molecule has 1 aromatic heterocycles. The van der Waals surface area contributed by atoms with Crippen LogP contribution in [0.15, 0.2) is 60.9 Å². The van der Waals surface area contributed by atoms with Gasteiger partial charge in [0.05, 0.1) is 19.8 Å². The first kappa shape index (κ1) is 22.6. The summed E-state index contributed by atoms with van der Waals surface area (Å²) in [7, 11) is 6.75. The molecule has 8 nitrogen and oxygen atoms in total. The predicted molar refractivity (Wildman–Crippen MR) is 124 cm³/mol. The molecule has 32 heavy (non-hydrogen) atoms. The Hall–Kier alpha value is -4.07. The van der Waals surface area contributed by atoms with Crippen molar-refractivity contribution >= 4 is 23.2 Å². The molecule has 0 atom stereocenters. The molecule has 3 aromatic rings. The van der Waals surface area contributed by atoms with Crippen LogP contribution in [0, 0.1) is 0 Å². The Balaban J connectivity index is 1.82. The van der Waals surface area contributed by atoms with Crippen LogP contribution in [0.3, 0.4) is 0 Å². The third-order valence-corrected chi connectivity index (χ3v) is 4.77. The van der Waals surface area contributed by atoms with Crippen LogP contribution in [0.4, 0.5) is 11.4 Å². The Morgan fingerprint density at radius 1 is 0.969 bits per heavy atom. The average molecular weight is 434 g/mol. The van der Waals surface area contributed by atoms with Crippen molar-refractivity contribution in [1.82, 2.24) is 10.3 Å². The van der Waals surface area contributed by atoms with Crippen molar-refractivity contribution in [2.24, 2.45) is 0 Å². The van der Waals surface area contributed by atoms with Crippen molar-refractivity contribution in [3.05, 3.63) is 77.6 Å². The number of aromatic nitrogens is 1.